The van der Waals surface area contributed by atoms with Gasteiger partial charge in [0.25, 0.3) is 0 Å². The summed E-state index contributed by atoms with van der Waals surface area (Å²) in [5.41, 5.74) is 6.49. The van der Waals surface area contributed by atoms with Gasteiger partial charge in [-0.25, -0.2) is 0 Å². The quantitative estimate of drug-likeness (QED) is 0.855. The number of likely N-dealkylation sites (tertiary alicyclic amines) is 1. The second kappa shape index (κ2) is 6.18. The van der Waals surface area contributed by atoms with Crippen molar-refractivity contribution < 1.29 is 4.79 Å². The molecule has 0 unspecified atom stereocenters. The summed E-state index contributed by atoms with van der Waals surface area (Å²) in [7, 11) is 0. The lowest BCUT2D eigenvalue weighted by atomic mass is 10.2. The lowest BCUT2D eigenvalue weighted by molar-refractivity contribution is -0.120. The summed E-state index contributed by atoms with van der Waals surface area (Å²) in [6.45, 7) is 2.79. The van der Waals surface area contributed by atoms with Crippen molar-refractivity contribution in [3.05, 3.63) is 34.9 Å². The smallest absolute Gasteiger partial charge is 0.233 e. The number of hydrogen-bond donors (Lipinski definition) is 2. The first-order chi connectivity index (χ1) is 8.67. The van der Waals surface area contributed by atoms with Gasteiger partial charge in [0.2, 0.25) is 5.91 Å². The number of carbonyl (C=O) groups is 1. The summed E-state index contributed by atoms with van der Waals surface area (Å²) in [5.74, 6) is -0.0791. The zero-order valence-electron chi connectivity index (χ0n) is 10.2. The molecule has 4 nitrogen and oxygen atoms in total. The van der Waals surface area contributed by atoms with Crippen LogP contribution in [-0.2, 0) is 11.3 Å². The molecule has 0 radical (unpaired) electrons. The van der Waals surface area contributed by atoms with Gasteiger partial charge < -0.3 is 11.1 Å². The molecular formula is C13H18ClN3O. The van der Waals surface area contributed by atoms with Crippen LogP contribution >= 0.6 is 11.6 Å². The number of hydrogen-bond acceptors (Lipinski definition) is 3. The van der Waals surface area contributed by atoms with E-state index >= 15 is 0 Å². The molecule has 1 aromatic rings. The standard InChI is InChI=1S/C13H18ClN3O/c14-11-3-1-2-10(6-11)8-17-5-4-12(9-17)16-13(18)7-15/h1-3,6,12H,4-5,7-9,15H2,(H,16,18)/t12-/m0/s1. The van der Waals surface area contributed by atoms with Crippen molar-refractivity contribution in [2.75, 3.05) is 19.6 Å². The highest BCUT2D eigenvalue weighted by Gasteiger charge is 2.23. The van der Waals surface area contributed by atoms with E-state index in [1.807, 2.05) is 18.2 Å². The number of benzene rings is 1. The van der Waals surface area contributed by atoms with E-state index in [1.165, 1.54) is 5.56 Å². The van der Waals surface area contributed by atoms with Crippen LogP contribution in [0.4, 0.5) is 0 Å². The lowest BCUT2D eigenvalue weighted by Crippen LogP contribution is -2.40. The van der Waals surface area contributed by atoms with E-state index in [0.29, 0.717) is 0 Å². The van der Waals surface area contributed by atoms with E-state index in [2.05, 4.69) is 16.3 Å². The van der Waals surface area contributed by atoms with Crippen LogP contribution in [-0.4, -0.2) is 36.5 Å². The Morgan fingerprint density at radius 3 is 3.11 bits per heavy atom. The van der Waals surface area contributed by atoms with E-state index in [9.17, 15) is 4.79 Å². The Balaban J connectivity index is 1.84. The van der Waals surface area contributed by atoms with E-state index in [4.69, 9.17) is 17.3 Å². The highest BCUT2D eigenvalue weighted by molar-refractivity contribution is 6.30. The number of nitrogens with two attached hydrogens (primary N) is 1. The monoisotopic (exact) mass is 267 g/mol. The van der Waals surface area contributed by atoms with Crippen LogP contribution in [0.15, 0.2) is 24.3 Å². The molecule has 0 bridgehead atoms. The molecule has 1 aromatic carbocycles. The Kier molecular flexibility index (Phi) is 4.58. The van der Waals surface area contributed by atoms with Crippen molar-refractivity contribution in [3.8, 4) is 0 Å². The predicted octanol–water partition coefficient (Wildman–Crippen LogP) is 0.989. The minimum Gasteiger partial charge on any atom is -0.351 e. The topological polar surface area (TPSA) is 58.4 Å². The fourth-order valence-corrected chi connectivity index (χ4v) is 2.49. The van der Waals surface area contributed by atoms with E-state index < -0.39 is 0 Å². The average molecular weight is 268 g/mol. The van der Waals surface area contributed by atoms with Gasteiger partial charge in [0.15, 0.2) is 0 Å². The second-order valence-electron chi connectivity index (χ2n) is 4.62. The third kappa shape index (κ3) is 3.70. The number of nitrogens with zero attached hydrogens (tertiary/aromatic N) is 1. The molecule has 98 valence electrons. The Hall–Kier alpha value is -1.10. The van der Waals surface area contributed by atoms with Gasteiger partial charge in [0, 0.05) is 30.7 Å². The van der Waals surface area contributed by atoms with Gasteiger partial charge in [-0.15, -0.1) is 0 Å². The van der Waals surface area contributed by atoms with Crippen molar-refractivity contribution in [2.45, 2.75) is 19.0 Å². The molecule has 3 N–H and O–H groups in total. The van der Waals surface area contributed by atoms with Gasteiger partial charge in [-0.2, -0.15) is 0 Å². The summed E-state index contributed by atoms with van der Waals surface area (Å²) < 4.78 is 0. The van der Waals surface area contributed by atoms with Crippen LogP contribution < -0.4 is 11.1 Å². The highest BCUT2D eigenvalue weighted by atomic mass is 35.5. The minimum absolute atomic E-state index is 0.0603. The van der Waals surface area contributed by atoms with Crippen LogP contribution in [0.3, 0.4) is 0 Å². The molecule has 18 heavy (non-hydrogen) atoms. The molecule has 1 amide bonds. The maximum Gasteiger partial charge on any atom is 0.233 e. The maximum atomic E-state index is 11.2. The normalized spacial score (nSPS) is 20.0. The number of halogens is 1. The van der Waals surface area contributed by atoms with Crippen LogP contribution in [0, 0.1) is 0 Å². The molecule has 5 heteroatoms. The summed E-state index contributed by atoms with van der Waals surface area (Å²) >= 11 is 5.96. The highest BCUT2D eigenvalue weighted by Crippen LogP contribution is 2.16. The van der Waals surface area contributed by atoms with Crippen LogP contribution in [0.5, 0.6) is 0 Å². The van der Waals surface area contributed by atoms with Gasteiger partial charge in [-0.05, 0) is 24.1 Å². The minimum atomic E-state index is -0.0791. The van der Waals surface area contributed by atoms with Gasteiger partial charge in [0.1, 0.15) is 0 Å². The van der Waals surface area contributed by atoms with Gasteiger partial charge >= 0.3 is 0 Å². The van der Waals surface area contributed by atoms with E-state index in [0.717, 1.165) is 31.1 Å². The van der Waals surface area contributed by atoms with Gasteiger partial charge in [0.05, 0.1) is 6.54 Å². The van der Waals surface area contributed by atoms with Crippen molar-refractivity contribution in [3.63, 3.8) is 0 Å². The zero-order chi connectivity index (χ0) is 13.0. The average Bonchev–Trinajstić information content (AvgIpc) is 2.76. The van der Waals surface area contributed by atoms with Crippen molar-refractivity contribution >= 4 is 17.5 Å². The Morgan fingerprint density at radius 1 is 1.56 bits per heavy atom. The summed E-state index contributed by atoms with van der Waals surface area (Å²) in [6.07, 6.45) is 0.978. The fourth-order valence-electron chi connectivity index (χ4n) is 2.27. The summed E-state index contributed by atoms with van der Waals surface area (Å²) in [6, 6.07) is 8.10. The Labute approximate surface area is 112 Å². The molecule has 0 aliphatic carbocycles. The second-order valence-corrected chi connectivity index (χ2v) is 5.06. The largest absolute Gasteiger partial charge is 0.351 e. The third-order valence-electron chi connectivity index (χ3n) is 3.12. The molecule has 0 saturated carbocycles. The number of carbonyl (C=O) groups excluding carboxylic acids is 1. The predicted molar refractivity (Wildman–Crippen MR) is 72.3 cm³/mol. The third-order valence-corrected chi connectivity index (χ3v) is 3.35. The molecule has 1 fully saturated rings. The first-order valence-electron chi connectivity index (χ1n) is 6.13. The molecule has 2 rings (SSSR count). The van der Waals surface area contributed by atoms with Crippen LogP contribution in [0.1, 0.15) is 12.0 Å². The SMILES string of the molecule is NCC(=O)N[C@H]1CCN(Cc2cccc(Cl)c2)C1. The maximum absolute atomic E-state index is 11.2. The first kappa shape index (κ1) is 13.3. The molecular weight excluding hydrogens is 250 g/mol. The van der Waals surface area contributed by atoms with Crippen LogP contribution in [0.2, 0.25) is 5.02 Å². The number of rotatable bonds is 4. The molecule has 0 aromatic heterocycles. The fraction of sp³-hybridized carbons (Fsp3) is 0.462. The molecule has 1 heterocycles. The van der Waals surface area contributed by atoms with Crippen molar-refractivity contribution in [2.24, 2.45) is 5.73 Å². The molecule has 1 aliphatic rings. The summed E-state index contributed by atoms with van der Waals surface area (Å²) in [5, 5.41) is 3.69. The molecule has 1 atom stereocenters. The van der Waals surface area contributed by atoms with Gasteiger partial charge in [-0.3, -0.25) is 9.69 Å². The first-order valence-corrected chi connectivity index (χ1v) is 6.51. The van der Waals surface area contributed by atoms with Crippen molar-refractivity contribution in [1.82, 2.24) is 10.2 Å². The van der Waals surface area contributed by atoms with Gasteiger partial charge in [-0.1, -0.05) is 23.7 Å². The lowest BCUT2D eigenvalue weighted by Gasteiger charge is -2.16. The Morgan fingerprint density at radius 2 is 2.39 bits per heavy atom. The number of nitrogens with one attached hydrogen (secondary N) is 1. The number of amides is 1. The van der Waals surface area contributed by atoms with E-state index in [-0.39, 0.29) is 18.5 Å². The molecule has 1 aliphatic heterocycles. The molecule has 0 spiro atoms. The van der Waals surface area contributed by atoms with Crippen LogP contribution in [0.25, 0.3) is 0 Å². The van der Waals surface area contributed by atoms with Crippen molar-refractivity contribution in [1.29, 1.82) is 0 Å². The molecule has 1 saturated heterocycles. The summed E-state index contributed by atoms with van der Waals surface area (Å²) in [4.78, 5) is 13.5. The Bertz CT molecular complexity index is 424. The zero-order valence-corrected chi connectivity index (χ0v) is 11.0. The van der Waals surface area contributed by atoms with E-state index in [1.54, 1.807) is 0 Å².